The second-order valence-electron chi connectivity index (χ2n) is 3.89. The maximum Gasteiger partial charge on any atom is 0.211 e. The quantitative estimate of drug-likeness (QED) is 0.843. The Morgan fingerprint density at radius 1 is 1.37 bits per heavy atom. The fourth-order valence-electron chi connectivity index (χ4n) is 1.43. The van der Waals surface area contributed by atoms with Gasteiger partial charge in [-0.2, -0.15) is 0 Å². The number of nitrogens with zero attached hydrogens (tertiary/aromatic N) is 2. The third-order valence-corrected chi connectivity index (χ3v) is 3.86. The fourth-order valence-corrected chi connectivity index (χ4v) is 2.55. The second kappa shape index (κ2) is 6.27. The van der Waals surface area contributed by atoms with E-state index in [0.29, 0.717) is 15.3 Å². The zero-order chi connectivity index (χ0) is 13.8. The predicted octanol–water partition coefficient (Wildman–Crippen LogP) is 3.87. The molecule has 19 heavy (non-hydrogen) atoms. The molecule has 0 saturated heterocycles. The molecule has 0 aliphatic rings. The Morgan fingerprint density at radius 2 is 2.16 bits per heavy atom. The summed E-state index contributed by atoms with van der Waals surface area (Å²) in [5.74, 6) is 0. The lowest BCUT2D eigenvalue weighted by Gasteiger charge is -2.10. The van der Waals surface area contributed by atoms with Crippen LogP contribution in [0.3, 0.4) is 0 Å². The summed E-state index contributed by atoms with van der Waals surface area (Å²) in [6.07, 6.45) is 0.868. The topological polar surface area (TPSA) is 49.8 Å². The number of thiocarbonyl (C=S) groups is 1. The first-order valence-electron chi connectivity index (χ1n) is 5.75. The Hall–Kier alpha value is -1.24. The highest BCUT2D eigenvalue weighted by atomic mass is 35.5. The van der Waals surface area contributed by atoms with E-state index in [2.05, 4.69) is 20.8 Å². The largest absolute Gasteiger partial charge is 0.332 e. The van der Waals surface area contributed by atoms with Gasteiger partial charge in [-0.1, -0.05) is 35.9 Å². The number of anilines is 2. The van der Waals surface area contributed by atoms with Crippen LogP contribution in [0.4, 0.5) is 10.8 Å². The van der Waals surface area contributed by atoms with Gasteiger partial charge >= 0.3 is 0 Å². The molecule has 0 saturated carbocycles. The van der Waals surface area contributed by atoms with Gasteiger partial charge in [0.15, 0.2) is 5.11 Å². The molecule has 0 aliphatic heterocycles. The molecular formula is C12H13ClN4S2. The lowest BCUT2D eigenvalue weighted by atomic mass is 10.2. The number of benzene rings is 1. The molecule has 2 N–H and O–H groups in total. The van der Waals surface area contributed by atoms with Gasteiger partial charge in [0.2, 0.25) is 5.13 Å². The number of hydrogen-bond donors (Lipinski definition) is 2. The first-order valence-corrected chi connectivity index (χ1v) is 7.35. The number of nitrogens with one attached hydrogen (secondary N) is 2. The number of hydrogen-bond acceptors (Lipinski definition) is 4. The zero-order valence-electron chi connectivity index (χ0n) is 10.5. The number of aromatic nitrogens is 2. The third kappa shape index (κ3) is 3.86. The van der Waals surface area contributed by atoms with Gasteiger partial charge in [0.05, 0.1) is 0 Å². The van der Waals surface area contributed by atoms with Crippen molar-refractivity contribution in [1.82, 2.24) is 10.2 Å². The molecule has 4 nitrogen and oxygen atoms in total. The SMILES string of the molecule is CCc1nnc(NC(=S)Nc2cc(Cl)ccc2C)s1. The summed E-state index contributed by atoms with van der Waals surface area (Å²) in [5, 5.41) is 17.0. The molecule has 2 rings (SSSR count). The summed E-state index contributed by atoms with van der Waals surface area (Å²) in [7, 11) is 0. The summed E-state index contributed by atoms with van der Waals surface area (Å²) in [5.41, 5.74) is 1.95. The first-order chi connectivity index (χ1) is 9.08. The molecule has 0 amide bonds. The van der Waals surface area contributed by atoms with Crippen molar-refractivity contribution < 1.29 is 0 Å². The molecule has 0 atom stereocenters. The van der Waals surface area contributed by atoms with Crippen molar-refractivity contribution in [3.63, 3.8) is 0 Å². The number of rotatable bonds is 3. The van der Waals surface area contributed by atoms with Crippen molar-refractivity contribution in [2.24, 2.45) is 0 Å². The van der Waals surface area contributed by atoms with Crippen LogP contribution in [-0.4, -0.2) is 15.3 Å². The summed E-state index contributed by atoms with van der Waals surface area (Å²) in [6.45, 7) is 4.03. The summed E-state index contributed by atoms with van der Waals surface area (Å²) >= 11 is 12.7. The second-order valence-corrected chi connectivity index (χ2v) is 5.80. The molecule has 1 heterocycles. The van der Waals surface area contributed by atoms with E-state index in [9.17, 15) is 0 Å². The van der Waals surface area contributed by atoms with Crippen molar-refractivity contribution >= 4 is 51.1 Å². The minimum absolute atomic E-state index is 0.476. The minimum atomic E-state index is 0.476. The van der Waals surface area contributed by atoms with Crippen LogP contribution in [0, 0.1) is 6.92 Å². The predicted molar refractivity (Wildman–Crippen MR) is 85.3 cm³/mol. The van der Waals surface area contributed by atoms with E-state index in [1.807, 2.05) is 32.0 Å². The van der Waals surface area contributed by atoms with Crippen LogP contribution in [-0.2, 0) is 6.42 Å². The van der Waals surface area contributed by atoms with E-state index in [-0.39, 0.29) is 0 Å². The highest BCUT2D eigenvalue weighted by Crippen LogP contribution is 2.21. The maximum atomic E-state index is 5.96. The van der Waals surface area contributed by atoms with Crippen LogP contribution < -0.4 is 10.6 Å². The van der Waals surface area contributed by atoms with Crippen LogP contribution in [0.25, 0.3) is 0 Å². The van der Waals surface area contributed by atoms with Gasteiger partial charge in [0, 0.05) is 10.7 Å². The minimum Gasteiger partial charge on any atom is -0.332 e. The molecule has 7 heteroatoms. The van der Waals surface area contributed by atoms with E-state index < -0.39 is 0 Å². The van der Waals surface area contributed by atoms with Gasteiger partial charge in [-0.05, 0) is 43.3 Å². The van der Waals surface area contributed by atoms with Gasteiger partial charge in [0.25, 0.3) is 0 Å². The van der Waals surface area contributed by atoms with E-state index in [4.69, 9.17) is 23.8 Å². The van der Waals surface area contributed by atoms with Crippen molar-refractivity contribution in [1.29, 1.82) is 0 Å². The van der Waals surface area contributed by atoms with Crippen molar-refractivity contribution in [2.45, 2.75) is 20.3 Å². The molecule has 100 valence electrons. The van der Waals surface area contributed by atoms with E-state index >= 15 is 0 Å². The monoisotopic (exact) mass is 312 g/mol. The zero-order valence-corrected chi connectivity index (χ0v) is 12.9. The van der Waals surface area contributed by atoms with Gasteiger partial charge in [-0.3, -0.25) is 0 Å². The van der Waals surface area contributed by atoms with Gasteiger partial charge in [-0.25, -0.2) is 0 Å². The Kier molecular flexibility index (Phi) is 4.68. The Morgan fingerprint density at radius 3 is 2.84 bits per heavy atom. The molecule has 0 unspecified atom stereocenters. The molecule has 0 fully saturated rings. The van der Waals surface area contributed by atoms with Gasteiger partial charge in [-0.15, -0.1) is 10.2 Å². The van der Waals surface area contributed by atoms with Crippen LogP contribution in [0.1, 0.15) is 17.5 Å². The highest BCUT2D eigenvalue weighted by Gasteiger charge is 2.06. The molecule has 0 aliphatic carbocycles. The molecule has 0 spiro atoms. The van der Waals surface area contributed by atoms with E-state index in [1.165, 1.54) is 11.3 Å². The smallest absolute Gasteiger partial charge is 0.211 e. The normalized spacial score (nSPS) is 10.3. The Labute approximate surface area is 126 Å². The van der Waals surface area contributed by atoms with Crippen LogP contribution in [0.2, 0.25) is 5.02 Å². The Balaban J connectivity index is 2.03. The van der Waals surface area contributed by atoms with E-state index in [1.54, 1.807) is 0 Å². The van der Waals surface area contributed by atoms with Crippen LogP contribution >= 0.6 is 35.2 Å². The number of halogens is 1. The van der Waals surface area contributed by atoms with E-state index in [0.717, 1.165) is 22.7 Å². The summed E-state index contributed by atoms with van der Waals surface area (Å²) in [6, 6.07) is 5.62. The van der Waals surface area contributed by atoms with Crippen molar-refractivity contribution in [2.75, 3.05) is 10.6 Å². The Bertz CT molecular complexity index is 597. The van der Waals surface area contributed by atoms with Crippen LogP contribution in [0.15, 0.2) is 18.2 Å². The summed E-state index contributed by atoms with van der Waals surface area (Å²) in [4.78, 5) is 0. The summed E-state index contributed by atoms with van der Waals surface area (Å²) < 4.78 is 0. The molecule has 1 aromatic carbocycles. The first kappa shape index (κ1) is 14.2. The number of aryl methyl sites for hydroxylation is 2. The lowest BCUT2D eigenvalue weighted by Crippen LogP contribution is -2.19. The fraction of sp³-hybridized carbons (Fsp3) is 0.250. The van der Waals surface area contributed by atoms with Crippen LogP contribution in [0.5, 0.6) is 0 Å². The maximum absolute atomic E-state index is 5.96. The van der Waals surface area contributed by atoms with Gasteiger partial charge in [0.1, 0.15) is 5.01 Å². The molecule has 2 aromatic rings. The average molecular weight is 313 g/mol. The van der Waals surface area contributed by atoms with Gasteiger partial charge < -0.3 is 10.6 Å². The molecule has 0 radical (unpaired) electrons. The standard InChI is InChI=1S/C12H13ClN4S2/c1-3-10-16-17-12(19-10)15-11(18)14-9-6-8(13)5-4-7(9)2/h4-6H,3H2,1-2H3,(H2,14,15,17,18). The van der Waals surface area contributed by atoms with Crippen molar-refractivity contribution in [3.8, 4) is 0 Å². The van der Waals surface area contributed by atoms with Crippen molar-refractivity contribution in [3.05, 3.63) is 33.8 Å². The molecule has 1 aromatic heterocycles. The third-order valence-electron chi connectivity index (χ3n) is 2.44. The lowest BCUT2D eigenvalue weighted by molar-refractivity contribution is 0.987. The highest BCUT2D eigenvalue weighted by molar-refractivity contribution is 7.80. The molecular weight excluding hydrogens is 300 g/mol. The average Bonchev–Trinajstić information content (AvgIpc) is 2.81. The molecule has 0 bridgehead atoms.